The van der Waals surface area contributed by atoms with Gasteiger partial charge in [0.15, 0.2) is 0 Å². The maximum Gasteiger partial charge on any atom is 0.490 e. The minimum Gasteiger partial charge on any atom is -0.475 e. The molecule has 0 saturated carbocycles. The molecule has 6 nitrogen and oxygen atoms in total. The van der Waals surface area contributed by atoms with Gasteiger partial charge in [-0.25, -0.2) is 17.5 Å². The third-order valence-corrected chi connectivity index (χ3v) is 3.51. The summed E-state index contributed by atoms with van der Waals surface area (Å²) < 4.78 is 55.2. The zero-order valence-corrected chi connectivity index (χ0v) is 10.5. The molecule has 0 spiro atoms. The van der Waals surface area contributed by atoms with Gasteiger partial charge in [0, 0.05) is 19.1 Å². The van der Waals surface area contributed by atoms with Crippen LogP contribution in [0.1, 0.15) is 12.8 Å². The van der Waals surface area contributed by atoms with Gasteiger partial charge in [-0.05, 0) is 12.8 Å². The Labute approximate surface area is 103 Å². The van der Waals surface area contributed by atoms with Gasteiger partial charge in [0.25, 0.3) is 0 Å². The topological polar surface area (TPSA) is 101 Å². The molecule has 0 aliphatic carbocycles. The van der Waals surface area contributed by atoms with Crippen molar-refractivity contribution in [1.82, 2.24) is 4.31 Å². The summed E-state index contributed by atoms with van der Waals surface area (Å²) in [6.45, 7) is 1.17. The lowest BCUT2D eigenvalue weighted by molar-refractivity contribution is -0.192. The van der Waals surface area contributed by atoms with Gasteiger partial charge in [-0.15, -0.1) is 0 Å². The van der Waals surface area contributed by atoms with Crippen LogP contribution in [-0.2, 0) is 14.8 Å². The summed E-state index contributed by atoms with van der Waals surface area (Å²) in [5, 5.41) is 7.12. The fourth-order valence-corrected chi connectivity index (χ4v) is 2.08. The summed E-state index contributed by atoms with van der Waals surface area (Å²) in [5.74, 6) is -2.76. The van der Waals surface area contributed by atoms with Crippen molar-refractivity contribution in [2.75, 3.05) is 19.3 Å². The van der Waals surface area contributed by atoms with Crippen LogP contribution >= 0.6 is 0 Å². The first-order chi connectivity index (χ1) is 7.94. The highest BCUT2D eigenvalue weighted by Gasteiger charge is 2.38. The van der Waals surface area contributed by atoms with Gasteiger partial charge in [-0.1, -0.05) is 0 Å². The van der Waals surface area contributed by atoms with Gasteiger partial charge in [-0.3, -0.25) is 0 Å². The van der Waals surface area contributed by atoms with Crippen molar-refractivity contribution in [3.8, 4) is 0 Å². The molecule has 108 valence electrons. The van der Waals surface area contributed by atoms with Crippen LogP contribution in [0.5, 0.6) is 0 Å². The average molecular weight is 292 g/mol. The number of aliphatic carboxylic acids is 1. The van der Waals surface area contributed by atoms with Crippen LogP contribution in [0.3, 0.4) is 0 Å². The largest absolute Gasteiger partial charge is 0.490 e. The van der Waals surface area contributed by atoms with E-state index < -0.39 is 22.2 Å². The molecular formula is C8H15F3N2O4S. The number of carboxylic acid groups (broad SMARTS) is 1. The quantitative estimate of drug-likeness (QED) is 0.708. The Morgan fingerprint density at radius 2 is 1.67 bits per heavy atom. The van der Waals surface area contributed by atoms with E-state index in [2.05, 4.69) is 0 Å². The molecule has 3 N–H and O–H groups in total. The van der Waals surface area contributed by atoms with Crippen LogP contribution < -0.4 is 5.73 Å². The molecule has 0 atom stereocenters. The maximum absolute atomic E-state index is 11.0. The van der Waals surface area contributed by atoms with Crippen LogP contribution in [0.2, 0.25) is 0 Å². The Hall–Kier alpha value is -0.870. The predicted molar refractivity (Wildman–Crippen MR) is 57.3 cm³/mol. The molecule has 0 radical (unpaired) electrons. The van der Waals surface area contributed by atoms with Gasteiger partial charge in [0.05, 0.1) is 6.26 Å². The van der Waals surface area contributed by atoms with E-state index in [0.717, 1.165) is 12.8 Å². The first kappa shape index (κ1) is 17.1. The number of piperidine rings is 1. The summed E-state index contributed by atoms with van der Waals surface area (Å²) in [7, 11) is -2.97. The van der Waals surface area contributed by atoms with Crippen molar-refractivity contribution >= 4 is 16.0 Å². The highest BCUT2D eigenvalue weighted by atomic mass is 32.2. The van der Waals surface area contributed by atoms with E-state index in [9.17, 15) is 21.6 Å². The van der Waals surface area contributed by atoms with Crippen molar-refractivity contribution in [2.45, 2.75) is 25.1 Å². The summed E-state index contributed by atoms with van der Waals surface area (Å²) in [6.07, 6.45) is -2.27. The first-order valence-corrected chi connectivity index (χ1v) is 6.80. The number of hydrogen-bond acceptors (Lipinski definition) is 4. The molecule has 1 rings (SSSR count). The van der Waals surface area contributed by atoms with E-state index in [-0.39, 0.29) is 6.04 Å². The zero-order valence-electron chi connectivity index (χ0n) is 9.64. The Bertz CT molecular complexity index is 374. The minimum atomic E-state index is -5.08. The van der Waals surface area contributed by atoms with Gasteiger partial charge < -0.3 is 10.8 Å². The van der Waals surface area contributed by atoms with Gasteiger partial charge >= 0.3 is 12.1 Å². The molecule has 0 aromatic rings. The Morgan fingerprint density at radius 1 is 1.33 bits per heavy atom. The minimum absolute atomic E-state index is 0.188. The SMILES string of the molecule is CS(=O)(=O)N1CCC(N)CC1.O=C(O)C(F)(F)F. The summed E-state index contributed by atoms with van der Waals surface area (Å²) in [4.78, 5) is 8.90. The number of nitrogens with two attached hydrogens (primary N) is 1. The number of halogens is 3. The molecule has 0 aromatic carbocycles. The predicted octanol–water partition coefficient (Wildman–Crippen LogP) is 0.00240. The van der Waals surface area contributed by atoms with Crippen molar-refractivity contribution in [1.29, 1.82) is 0 Å². The number of sulfonamides is 1. The van der Waals surface area contributed by atoms with Crippen LogP contribution in [0, 0.1) is 0 Å². The highest BCUT2D eigenvalue weighted by molar-refractivity contribution is 7.88. The molecule has 0 aromatic heterocycles. The maximum atomic E-state index is 11.0. The number of alkyl halides is 3. The Morgan fingerprint density at radius 3 is 1.89 bits per heavy atom. The number of carbonyl (C=O) groups is 1. The summed E-state index contributed by atoms with van der Waals surface area (Å²) in [5.41, 5.74) is 5.62. The third kappa shape index (κ3) is 6.77. The normalized spacial score (nSPS) is 18.9. The molecule has 1 heterocycles. The Kier molecular flexibility index (Phi) is 6.04. The van der Waals surface area contributed by atoms with Gasteiger partial charge in [-0.2, -0.15) is 13.2 Å². The Balaban J connectivity index is 0.000000360. The van der Waals surface area contributed by atoms with Crippen LogP contribution in [-0.4, -0.2) is 55.4 Å². The van der Waals surface area contributed by atoms with E-state index >= 15 is 0 Å². The molecule has 0 amide bonds. The highest BCUT2D eigenvalue weighted by Crippen LogP contribution is 2.13. The molecule has 10 heteroatoms. The fourth-order valence-electron chi connectivity index (χ4n) is 1.21. The van der Waals surface area contributed by atoms with Crippen molar-refractivity contribution in [3.63, 3.8) is 0 Å². The van der Waals surface area contributed by atoms with E-state index in [1.165, 1.54) is 10.6 Å². The van der Waals surface area contributed by atoms with E-state index in [1.807, 2.05) is 0 Å². The summed E-state index contributed by atoms with van der Waals surface area (Å²) >= 11 is 0. The van der Waals surface area contributed by atoms with Crippen LogP contribution in [0.25, 0.3) is 0 Å². The lowest BCUT2D eigenvalue weighted by Crippen LogP contribution is -2.42. The third-order valence-electron chi connectivity index (χ3n) is 2.21. The molecule has 18 heavy (non-hydrogen) atoms. The molecular weight excluding hydrogens is 277 g/mol. The van der Waals surface area contributed by atoms with E-state index in [4.69, 9.17) is 15.6 Å². The molecule has 1 aliphatic heterocycles. The number of hydrogen-bond donors (Lipinski definition) is 2. The van der Waals surface area contributed by atoms with E-state index in [1.54, 1.807) is 0 Å². The number of carboxylic acids is 1. The molecule has 1 aliphatic rings. The second kappa shape index (κ2) is 6.34. The lowest BCUT2D eigenvalue weighted by atomic mass is 10.1. The second-order valence-electron chi connectivity index (χ2n) is 3.80. The van der Waals surface area contributed by atoms with Crippen molar-refractivity contribution in [2.24, 2.45) is 5.73 Å². The lowest BCUT2D eigenvalue weighted by Gasteiger charge is -2.27. The van der Waals surface area contributed by atoms with Crippen molar-refractivity contribution in [3.05, 3.63) is 0 Å². The number of rotatable bonds is 1. The molecule has 0 bridgehead atoms. The smallest absolute Gasteiger partial charge is 0.475 e. The first-order valence-electron chi connectivity index (χ1n) is 4.95. The average Bonchev–Trinajstić information content (AvgIpc) is 2.16. The standard InChI is InChI=1S/C6H14N2O2S.C2HF3O2/c1-11(9,10)8-4-2-6(7)3-5-8;3-2(4,5)1(6)7/h6H,2-5,7H2,1H3;(H,6,7). The van der Waals surface area contributed by atoms with Gasteiger partial charge in [0.2, 0.25) is 10.0 Å². The molecule has 0 unspecified atom stereocenters. The van der Waals surface area contributed by atoms with Crippen molar-refractivity contribution < 1.29 is 31.5 Å². The van der Waals surface area contributed by atoms with E-state index in [0.29, 0.717) is 13.1 Å². The fraction of sp³-hybridized carbons (Fsp3) is 0.875. The second-order valence-corrected chi connectivity index (χ2v) is 5.78. The zero-order chi connectivity index (χ0) is 14.6. The number of nitrogens with zero attached hydrogens (tertiary/aromatic N) is 1. The van der Waals surface area contributed by atoms with Crippen LogP contribution in [0.15, 0.2) is 0 Å². The molecule has 1 fully saturated rings. The summed E-state index contributed by atoms with van der Waals surface area (Å²) in [6, 6.07) is 0.188. The molecule has 1 saturated heterocycles. The van der Waals surface area contributed by atoms with Gasteiger partial charge in [0.1, 0.15) is 0 Å². The monoisotopic (exact) mass is 292 g/mol. The van der Waals surface area contributed by atoms with Crippen LogP contribution in [0.4, 0.5) is 13.2 Å².